The van der Waals surface area contributed by atoms with Crippen LogP contribution in [0.15, 0.2) is 53.4 Å². The smallest absolute Gasteiger partial charge is 0.238 e. The normalized spacial score (nSPS) is 16.3. The van der Waals surface area contributed by atoms with Crippen molar-refractivity contribution in [2.45, 2.75) is 24.7 Å². The van der Waals surface area contributed by atoms with Gasteiger partial charge in [0.05, 0.1) is 10.8 Å². The van der Waals surface area contributed by atoms with Crippen molar-refractivity contribution in [3.8, 4) is 0 Å². The zero-order valence-electron chi connectivity index (χ0n) is 17.0. The van der Waals surface area contributed by atoms with Crippen molar-refractivity contribution >= 4 is 39.1 Å². The van der Waals surface area contributed by atoms with Crippen LogP contribution in [0.2, 0.25) is 0 Å². The maximum Gasteiger partial charge on any atom is 0.238 e. The monoisotopic (exact) mass is 444 g/mol. The third kappa shape index (κ3) is 5.89. The molecule has 2 aromatic rings. The predicted octanol–water partition coefficient (Wildman–Crippen LogP) is 1.00. The van der Waals surface area contributed by atoms with Crippen molar-refractivity contribution < 1.29 is 22.8 Å². The summed E-state index contributed by atoms with van der Waals surface area (Å²) in [4.78, 5) is 37.6. The van der Waals surface area contributed by atoms with Gasteiger partial charge in [0, 0.05) is 37.8 Å². The number of benzene rings is 2. The Hall–Kier alpha value is -3.24. The number of nitrogens with two attached hydrogens (primary N) is 1. The summed E-state index contributed by atoms with van der Waals surface area (Å²) in [5.41, 5.74) is 2.16. The number of primary sulfonamides is 1. The van der Waals surface area contributed by atoms with Gasteiger partial charge in [0.25, 0.3) is 0 Å². The minimum atomic E-state index is -3.73. The lowest BCUT2D eigenvalue weighted by molar-refractivity contribution is -0.126. The molecule has 1 saturated heterocycles. The fourth-order valence-corrected chi connectivity index (χ4v) is 3.90. The van der Waals surface area contributed by atoms with Crippen molar-refractivity contribution in [3.05, 3.63) is 54.1 Å². The van der Waals surface area contributed by atoms with Crippen LogP contribution < -0.4 is 20.7 Å². The van der Waals surface area contributed by atoms with Crippen molar-refractivity contribution in [1.29, 1.82) is 0 Å². The first-order valence-corrected chi connectivity index (χ1v) is 11.3. The van der Waals surface area contributed by atoms with E-state index in [1.165, 1.54) is 19.1 Å². The summed E-state index contributed by atoms with van der Waals surface area (Å²) >= 11 is 0. The van der Waals surface area contributed by atoms with Gasteiger partial charge in [0.15, 0.2) is 0 Å². The van der Waals surface area contributed by atoms with Gasteiger partial charge < -0.3 is 15.5 Å². The Morgan fingerprint density at radius 3 is 2.32 bits per heavy atom. The number of carbonyl (C=O) groups excluding carboxylic acids is 3. The van der Waals surface area contributed by atoms with Crippen LogP contribution in [0.1, 0.15) is 18.9 Å². The number of nitrogens with zero attached hydrogens (tertiary/aromatic N) is 1. The van der Waals surface area contributed by atoms with Crippen molar-refractivity contribution in [2.24, 2.45) is 11.1 Å². The van der Waals surface area contributed by atoms with Crippen molar-refractivity contribution in [1.82, 2.24) is 5.32 Å². The summed E-state index contributed by atoms with van der Waals surface area (Å²) in [5.74, 6) is -0.966. The molecule has 164 valence electrons. The molecule has 1 fully saturated rings. The lowest BCUT2D eigenvalue weighted by atomic mass is 10.1. The number of nitrogens with one attached hydrogen (secondary N) is 2. The molecule has 0 saturated carbocycles. The average molecular weight is 445 g/mol. The standard InChI is InChI=1S/C21H24N4O5S/c1-14(26)24-17-4-6-18(7-5-17)25-13-16(12-20(25)27)21(28)23-11-10-15-2-8-19(9-3-15)31(22,29)30/h2-9,16H,10-13H2,1H3,(H,23,28)(H,24,26)(H2,22,29,30). The molecule has 31 heavy (non-hydrogen) atoms. The van der Waals surface area contributed by atoms with E-state index in [1.807, 2.05) is 0 Å². The van der Waals surface area contributed by atoms with Crippen LogP contribution in [0.25, 0.3) is 0 Å². The molecule has 0 bridgehead atoms. The molecule has 1 unspecified atom stereocenters. The second-order valence-electron chi connectivity index (χ2n) is 7.36. The minimum Gasteiger partial charge on any atom is -0.355 e. The topological polar surface area (TPSA) is 139 Å². The molecule has 3 amide bonds. The molecular weight excluding hydrogens is 420 g/mol. The molecule has 1 aliphatic rings. The number of amides is 3. The molecule has 1 atom stereocenters. The van der Waals surface area contributed by atoms with E-state index < -0.39 is 15.9 Å². The quantitative estimate of drug-likeness (QED) is 0.585. The molecule has 2 aromatic carbocycles. The van der Waals surface area contributed by atoms with E-state index in [9.17, 15) is 22.8 Å². The van der Waals surface area contributed by atoms with Crippen LogP contribution in [0.4, 0.5) is 11.4 Å². The zero-order chi connectivity index (χ0) is 22.6. The number of rotatable bonds is 7. The summed E-state index contributed by atoms with van der Waals surface area (Å²) in [7, 11) is -3.73. The predicted molar refractivity (Wildman–Crippen MR) is 116 cm³/mol. The largest absolute Gasteiger partial charge is 0.355 e. The Morgan fingerprint density at radius 2 is 1.74 bits per heavy atom. The Morgan fingerprint density at radius 1 is 1.10 bits per heavy atom. The summed E-state index contributed by atoms with van der Waals surface area (Å²) in [5, 5.41) is 10.6. The highest BCUT2D eigenvalue weighted by Gasteiger charge is 2.34. The maximum absolute atomic E-state index is 12.5. The van der Waals surface area contributed by atoms with Gasteiger partial charge in [-0.3, -0.25) is 14.4 Å². The Kier molecular flexibility index (Phi) is 6.71. The van der Waals surface area contributed by atoms with Crippen LogP contribution in [0.3, 0.4) is 0 Å². The van der Waals surface area contributed by atoms with Crippen LogP contribution in [0.5, 0.6) is 0 Å². The first kappa shape index (κ1) is 22.4. The molecule has 10 heteroatoms. The first-order valence-electron chi connectivity index (χ1n) is 9.71. The van der Waals surface area contributed by atoms with Crippen LogP contribution in [-0.2, 0) is 30.8 Å². The molecule has 9 nitrogen and oxygen atoms in total. The molecular formula is C21H24N4O5S. The second-order valence-corrected chi connectivity index (χ2v) is 8.92. The van der Waals surface area contributed by atoms with E-state index in [0.717, 1.165) is 5.56 Å². The highest BCUT2D eigenvalue weighted by atomic mass is 32.2. The number of carbonyl (C=O) groups is 3. The lowest BCUT2D eigenvalue weighted by Gasteiger charge is -2.17. The van der Waals surface area contributed by atoms with E-state index in [-0.39, 0.29) is 35.6 Å². The Balaban J connectivity index is 1.51. The summed E-state index contributed by atoms with van der Waals surface area (Å²) in [6.07, 6.45) is 0.647. The van der Waals surface area contributed by atoms with Crippen molar-refractivity contribution in [3.63, 3.8) is 0 Å². The molecule has 0 aliphatic carbocycles. The van der Waals surface area contributed by atoms with Gasteiger partial charge in [-0.2, -0.15) is 0 Å². The Bertz CT molecular complexity index is 1080. The van der Waals surface area contributed by atoms with Crippen LogP contribution in [-0.4, -0.2) is 39.2 Å². The highest BCUT2D eigenvalue weighted by molar-refractivity contribution is 7.89. The number of anilines is 2. The third-order valence-corrected chi connectivity index (χ3v) is 5.89. The van der Waals surface area contributed by atoms with Crippen LogP contribution >= 0.6 is 0 Å². The minimum absolute atomic E-state index is 0.0370. The summed E-state index contributed by atoms with van der Waals surface area (Å²) in [6.45, 7) is 2.07. The van der Waals surface area contributed by atoms with E-state index in [2.05, 4.69) is 10.6 Å². The number of hydrogen-bond acceptors (Lipinski definition) is 5. The van der Waals surface area contributed by atoms with E-state index in [0.29, 0.717) is 24.3 Å². The first-order chi connectivity index (χ1) is 14.6. The summed E-state index contributed by atoms with van der Waals surface area (Å²) in [6, 6.07) is 13.0. The molecule has 1 heterocycles. The fraction of sp³-hybridized carbons (Fsp3) is 0.286. The molecule has 3 rings (SSSR count). The molecule has 4 N–H and O–H groups in total. The van der Waals surface area contributed by atoms with Gasteiger partial charge in [-0.25, -0.2) is 13.6 Å². The highest BCUT2D eigenvalue weighted by Crippen LogP contribution is 2.26. The zero-order valence-corrected chi connectivity index (χ0v) is 17.8. The van der Waals surface area contributed by atoms with Crippen molar-refractivity contribution in [2.75, 3.05) is 23.3 Å². The second kappa shape index (κ2) is 9.27. The van der Waals surface area contributed by atoms with Crippen LogP contribution in [0, 0.1) is 5.92 Å². The third-order valence-electron chi connectivity index (χ3n) is 4.96. The maximum atomic E-state index is 12.5. The average Bonchev–Trinajstić information content (AvgIpc) is 3.09. The van der Waals surface area contributed by atoms with E-state index >= 15 is 0 Å². The SMILES string of the molecule is CC(=O)Nc1ccc(N2CC(C(=O)NCCc3ccc(S(N)(=O)=O)cc3)CC2=O)cc1. The molecule has 1 aliphatic heterocycles. The van der Waals surface area contributed by atoms with Gasteiger partial charge in [-0.05, 0) is 48.4 Å². The number of sulfonamides is 1. The molecule has 0 spiro atoms. The van der Waals surface area contributed by atoms with Gasteiger partial charge in [-0.1, -0.05) is 12.1 Å². The summed E-state index contributed by atoms with van der Waals surface area (Å²) < 4.78 is 22.6. The van der Waals surface area contributed by atoms with Gasteiger partial charge in [0.2, 0.25) is 27.7 Å². The van der Waals surface area contributed by atoms with Gasteiger partial charge >= 0.3 is 0 Å². The molecule has 0 aromatic heterocycles. The number of hydrogen-bond donors (Lipinski definition) is 3. The van der Waals surface area contributed by atoms with Gasteiger partial charge in [0.1, 0.15) is 0 Å². The van der Waals surface area contributed by atoms with E-state index in [1.54, 1.807) is 41.3 Å². The Labute approximate surface area is 180 Å². The van der Waals surface area contributed by atoms with E-state index in [4.69, 9.17) is 5.14 Å². The lowest BCUT2D eigenvalue weighted by Crippen LogP contribution is -2.34. The fourth-order valence-electron chi connectivity index (χ4n) is 3.38. The molecule has 0 radical (unpaired) electrons. The van der Waals surface area contributed by atoms with Gasteiger partial charge in [-0.15, -0.1) is 0 Å².